The lowest BCUT2D eigenvalue weighted by atomic mass is 10.1. The molecule has 0 saturated carbocycles. The highest BCUT2D eigenvalue weighted by Gasteiger charge is 2.23. The van der Waals surface area contributed by atoms with Crippen LogP contribution in [0.15, 0.2) is 30.3 Å². The van der Waals surface area contributed by atoms with Crippen molar-refractivity contribution in [3.63, 3.8) is 0 Å². The van der Waals surface area contributed by atoms with Crippen LogP contribution in [-0.4, -0.2) is 15.5 Å². The second-order valence-electron chi connectivity index (χ2n) is 5.79. The standard InChI is InChI=1S/C17H23N3O2/c1-11(2)14(18)16-19-15(12(3)20(16)4)17(21)22-10-13-8-6-5-7-9-13/h5-9,11,14H,10,18H2,1-4H3/t14-/m1/s1. The minimum absolute atomic E-state index is 0.209. The Balaban J connectivity index is 2.15. The zero-order chi connectivity index (χ0) is 16.3. The second kappa shape index (κ2) is 6.75. The van der Waals surface area contributed by atoms with Crippen molar-refractivity contribution in [2.45, 2.75) is 33.4 Å². The molecule has 0 amide bonds. The molecule has 1 aromatic carbocycles. The van der Waals surface area contributed by atoms with Gasteiger partial charge in [-0.3, -0.25) is 0 Å². The van der Waals surface area contributed by atoms with E-state index < -0.39 is 5.97 Å². The van der Waals surface area contributed by atoms with Gasteiger partial charge in [0, 0.05) is 12.7 Å². The van der Waals surface area contributed by atoms with Crippen molar-refractivity contribution in [3.8, 4) is 0 Å². The predicted molar refractivity (Wildman–Crippen MR) is 85.3 cm³/mol. The fourth-order valence-corrected chi connectivity index (χ4v) is 2.18. The molecule has 2 rings (SSSR count). The number of hydrogen-bond acceptors (Lipinski definition) is 4. The third-order valence-electron chi connectivity index (χ3n) is 3.84. The third-order valence-corrected chi connectivity index (χ3v) is 3.84. The average Bonchev–Trinajstić information content (AvgIpc) is 2.81. The molecule has 118 valence electrons. The number of benzene rings is 1. The van der Waals surface area contributed by atoms with E-state index in [9.17, 15) is 4.79 Å². The summed E-state index contributed by atoms with van der Waals surface area (Å²) < 4.78 is 7.21. The van der Waals surface area contributed by atoms with Crippen LogP contribution in [-0.2, 0) is 18.4 Å². The maximum atomic E-state index is 12.3. The molecule has 2 N–H and O–H groups in total. The zero-order valence-corrected chi connectivity index (χ0v) is 13.5. The molecule has 0 aliphatic rings. The fraction of sp³-hybridized carbons (Fsp3) is 0.412. The molecular formula is C17H23N3O2. The van der Waals surface area contributed by atoms with Crippen molar-refractivity contribution >= 4 is 5.97 Å². The number of carbonyl (C=O) groups is 1. The highest BCUT2D eigenvalue weighted by Crippen LogP contribution is 2.21. The van der Waals surface area contributed by atoms with Crippen LogP contribution in [0.3, 0.4) is 0 Å². The molecule has 0 aliphatic heterocycles. The summed E-state index contributed by atoms with van der Waals surface area (Å²) in [7, 11) is 1.87. The minimum atomic E-state index is -0.417. The van der Waals surface area contributed by atoms with Gasteiger partial charge in [0.25, 0.3) is 0 Å². The van der Waals surface area contributed by atoms with Gasteiger partial charge in [0.1, 0.15) is 12.4 Å². The Morgan fingerprint density at radius 2 is 1.95 bits per heavy atom. The fourth-order valence-electron chi connectivity index (χ4n) is 2.18. The molecular weight excluding hydrogens is 278 g/mol. The van der Waals surface area contributed by atoms with Gasteiger partial charge in [0.15, 0.2) is 5.69 Å². The van der Waals surface area contributed by atoms with Gasteiger partial charge in [-0.1, -0.05) is 44.2 Å². The molecule has 1 heterocycles. The van der Waals surface area contributed by atoms with E-state index in [-0.39, 0.29) is 18.6 Å². The van der Waals surface area contributed by atoms with Crippen LogP contribution in [0.5, 0.6) is 0 Å². The second-order valence-corrected chi connectivity index (χ2v) is 5.79. The largest absolute Gasteiger partial charge is 0.456 e. The number of aromatic nitrogens is 2. The van der Waals surface area contributed by atoms with E-state index in [1.165, 1.54) is 0 Å². The number of nitrogens with two attached hydrogens (primary N) is 1. The summed E-state index contributed by atoms with van der Waals surface area (Å²) in [5.74, 6) is 0.534. The Bertz CT molecular complexity index is 647. The van der Waals surface area contributed by atoms with E-state index in [0.717, 1.165) is 11.3 Å². The summed E-state index contributed by atoms with van der Waals surface area (Å²) in [6, 6.07) is 9.37. The van der Waals surface area contributed by atoms with Gasteiger partial charge in [-0.15, -0.1) is 0 Å². The predicted octanol–water partition coefficient (Wildman–Crippen LogP) is 2.74. The first-order chi connectivity index (χ1) is 10.4. The summed E-state index contributed by atoms with van der Waals surface area (Å²) in [4.78, 5) is 16.7. The van der Waals surface area contributed by atoms with E-state index in [0.29, 0.717) is 11.5 Å². The first-order valence-electron chi connectivity index (χ1n) is 7.41. The van der Waals surface area contributed by atoms with Crippen LogP contribution >= 0.6 is 0 Å². The van der Waals surface area contributed by atoms with Crippen LogP contribution in [0.4, 0.5) is 0 Å². The first-order valence-corrected chi connectivity index (χ1v) is 7.41. The lowest BCUT2D eigenvalue weighted by Crippen LogP contribution is -2.21. The number of imidazole rings is 1. The topological polar surface area (TPSA) is 70.1 Å². The molecule has 0 radical (unpaired) electrons. The Hall–Kier alpha value is -2.14. The van der Waals surface area contributed by atoms with E-state index in [4.69, 9.17) is 10.5 Å². The van der Waals surface area contributed by atoms with Crippen molar-refractivity contribution in [3.05, 3.63) is 53.1 Å². The molecule has 0 saturated heterocycles. The van der Waals surface area contributed by atoms with Gasteiger partial charge in [-0.2, -0.15) is 0 Å². The number of ether oxygens (including phenoxy) is 1. The average molecular weight is 301 g/mol. The molecule has 0 unspecified atom stereocenters. The summed E-state index contributed by atoms with van der Waals surface area (Å²) >= 11 is 0. The summed E-state index contributed by atoms with van der Waals surface area (Å²) in [6.45, 7) is 6.15. The van der Waals surface area contributed by atoms with Crippen molar-refractivity contribution in [1.82, 2.24) is 9.55 Å². The van der Waals surface area contributed by atoms with E-state index >= 15 is 0 Å². The summed E-state index contributed by atoms with van der Waals surface area (Å²) in [5.41, 5.74) is 8.20. The highest BCUT2D eigenvalue weighted by atomic mass is 16.5. The Morgan fingerprint density at radius 3 is 2.55 bits per heavy atom. The van der Waals surface area contributed by atoms with E-state index in [1.807, 2.05) is 62.7 Å². The summed E-state index contributed by atoms with van der Waals surface area (Å²) in [6.07, 6.45) is 0. The number of rotatable bonds is 5. The molecule has 1 aromatic heterocycles. The minimum Gasteiger partial charge on any atom is -0.456 e. The SMILES string of the molecule is Cc1c(C(=O)OCc2ccccc2)nc([C@H](N)C(C)C)n1C. The van der Waals surface area contributed by atoms with Crippen LogP contribution in [0.1, 0.15) is 47.5 Å². The van der Waals surface area contributed by atoms with Gasteiger partial charge in [-0.25, -0.2) is 9.78 Å². The molecule has 5 heteroatoms. The van der Waals surface area contributed by atoms with E-state index in [1.54, 1.807) is 0 Å². The van der Waals surface area contributed by atoms with Crippen LogP contribution in [0.25, 0.3) is 0 Å². The molecule has 1 atom stereocenters. The Morgan fingerprint density at radius 1 is 1.32 bits per heavy atom. The molecule has 22 heavy (non-hydrogen) atoms. The molecule has 0 fully saturated rings. The van der Waals surface area contributed by atoms with Gasteiger partial charge in [0.2, 0.25) is 0 Å². The van der Waals surface area contributed by atoms with Crippen LogP contribution in [0.2, 0.25) is 0 Å². The van der Waals surface area contributed by atoms with Crippen molar-refractivity contribution in [2.75, 3.05) is 0 Å². The maximum Gasteiger partial charge on any atom is 0.359 e. The van der Waals surface area contributed by atoms with Crippen LogP contribution < -0.4 is 5.73 Å². The van der Waals surface area contributed by atoms with Crippen LogP contribution in [0, 0.1) is 12.8 Å². The molecule has 0 spiro atoms. The number of hydrogen-bond donors (Lipinski definition) is 1. The van der Waals surface area contributed by atoms with Gasteiger partial charge in [-0.05, 0) is 18.4 Å². The van der Waals surface area contributed by atoms with E-state index in [2.05, 4.69) is 4.98 Å². The van der Waals surface area contributed by atoms with Gasteiger partial charge >= 0.3 is 5.97 Å². The molecule has 5 nitrogen and oxygen atoms in total. The molecule has 0 aliphatic carbocycles. The lowest BCUT2D eigenvalue weighted by molar-refractivity contribution is 0.0465. The highest BCUT2D eigenvalue weighted by molar-refractivity contribution is 5.88. The number of nitrogens with zero attached hydrogens (tertiary/aromatic N) is 2. The molecule has 2 aromatic rings. The third kappa shape index (κ3) is 3.36. The van der Waals surface area contributed by atoms with Gasteiger partial charge < -0.3 is 15.0 Å². The summed E-state index contributed by atoms with van der Waals surface area (Å²) in [5, 5.41) is 0. The first kappa shape index (κ1) is 16.2. The van der Waals surface area contributed by atoms with Crippen molar-refractivity contribution in [2.24, 2.45) is 18.7 Å². The smallest absolute Gasteiger partial charge is 0.359 e. The number of esters is 1. The zero-order valence-electron chi connectivity index (χ0n) is 13.5. The molecule has 0 bridgehead atoms. The Kier molecular flexibility index (Phi) is 4.98. The lowest BCUT2D eigenvalue weighted by Gasteiger charge is -2.15. The van der Waals surface area contributed by atoms with Crippen molar-refractivity contribution in [1.29, 1.82) is 0 Å². The normalized spacial score (nSPS) is 12.5. The monoisotopic (exact) mass is 301 g/mol. The van der Waals surface area contributed by atoms with Crippen molar-refractivity contribution < 1.29 is 9.53 Å². The number of carbonyl (C=O) groups excluding carboxylic acids is 1. The quantitative estimate of drug-likeness (QED) is 0.862. The Labute approximate surface area is 131 Å². The van der Waals surface area contributed by atoms with Gasteiger partial charge in [0.05, 0.1) is 6.04 Å². The maximum absolute atomic E-state index is 12.3.